The normalized spacial score (nSPS) is 20.5. The van der Waals surface area contributed by atoms with Crippen LogP contribution in [0, 0.1) is 0 Å². The zero-order chi connectivity index (χ0) is 90.6. The third kappa shape index (κ3) is 7.41. The smallest absolute Gasteiger partial charge is 0.238 e. The third-order valence-corrected chi connectivity index (χ3v) is 15.6. The molecule has 0 aliphatic rings. The minimum atomic E-state index is -6.89. The van der Waals surface area contributed by atoms with Crippen LogP contribution in [0.1, 0.15) is 64.4 Å². The summed E-state index contributed by atoms with van der Waals surface area (Å²) < 4.78 is 442. The molecule has 14 rings (SSSR count). The lowest BCUT2D eigenvalue weighted by molar-refractivity contribution is 0.952. The van der Waals surface area contributed by atoms with E-state index < -0.39 is 413 Å². The van der Waals surface area contributed by atoms with Crippen molar-refractivity contribution in [3.05, 3.63) is 284 Å². The molecule has 6 heteroatoms. The van der Waals surface area contributed by atoms with Gasteiger partial charge in [-0.2, -0.15) is 9.97 Å². The Kier molecular flexibility index (Phi) is 4.21. The van der Waals surface area contributed by atoms with E-state index >= 15 is 0 Å². The number of hydrogen-bond donors (Lipinski definition) is 0. The number of hydrogen-bond acceptors (Lipinski definition) is 3. The van der Waals surface area contributed by atoms with Gasteiger partial charge in [-0.15, -0.1) is 0 Å². The van der Waals surface area contributed by atoms with Crippen LogP contribution < -0.4 is 20.7 Å². The Morgan fingerprint density at radius 3 is 1.23 bits per heavy atom. The molecular formula is C69H47N5Si. The predicted molar refractivity (Wildman–Crippen MR) is 314 cm³/mol. The Morgan fingerprint density at radius 2 is 0.693 bits per heavy atom. The molecule has 0 saturated carbocycles. The van der Waals surface area contributed by atoms with Crippen molar-refractivity contribution in [3.8, 4) is 56.7 Å². The summed E-state index contributed by atoms with van der Waals surface area (Å²) >= 11 is 0. The summed E-state index contributed by atoms with van der Waals surface area (Å²) in [7, 11) is -6.89. The van der Waals surface area contributed by atoms with Gasteiger partial charge in [0.2, 0.25) is 5.95 Å². The molecule has 3 aromatic heterocycles. The molecule has 0 atom stereocenters. The van der Waals surface area contributed by atoms with Gasteiger partial charge in [-0.1, -0.05) is 236 Å². The van der Waals surface area contributed by atoms with Crippen LogP contribution in [0.2, 0.25) is 0 Å². The maximum atomic E-state index is 10.9. The molecule has 11 aromatic carbocycles. The quantitative estimate of drug-likeness (QED) is 0.101. The van der Waals surface area contributed by atoms with E-state index in [9.17, 15) is 41.1 Å². The molecule has 0 bridgehead atoms. The average Bonchev–Trinajstić information content (AvgIpc) is 0.876. The number of fused-ring (bicyclic) bond motifs is 6. The highest BCUT2D eigenvalue weighted by molar-refractivity contribution is 7.19. The van der Waals surface area contributed by atoms with Crippen molar-refractivity contribution in [1.82, 2.24) is 24.1 Å². The predicted octanol–water partition coefficient (Wildman–Crippen LogP) is 14.1. The minimum absolute atomic E-state index is 0.409. The monoisotopic (exact) mass is 1020 g/mol. The Labute approximate surface area is 502 Å². The van der Waals surface area contributed by atoms with Crippen LogP contribution in [0.25, 0.3) is 100 Å². The molecule has 0 saturated heterocycles. The standard InChI is InChI=1S/C69H47N5Si/c1-6-23-48(24-7-1)50-41-43-65-60(46-50)61-47-51(49-25-8-2-9-26-49)42-44-66(61)74(65)69-71-67(70-68(72-69)59-37-18-21-40-64(59)73-62-38-19-16-35-57(62)58-36-17-20-39-63(58)73)52-27-22-34-56(45-52)75(53-28-10-3-11-29-53,54-30-12-4-13-31-54)55-32-14-5-15-33-55/h1-47H/i1D,2D,3D,4D,5D,6D,7D,8D,9D,10D,11D,12D,13D,14D,15D,16D,17D,18D,19D,20D,21D,22D,23D,24D,25D,26D,27D,28D,29D,30D,31D,32D,33D,34D,35D,36D,37D,38D,39D,40D,41D,42D,43D,44D,45D,46D,47D. The first-order valence-electron chi connectivity index (χ1n) is 45.2. The van der Waals surface area contributed by atoms with Gasteiger partial charge in [-0.25, -0.2) is 4.98 Å². The van der Waals surface area contributed by atoms with Gasteiger partial charge < -0.3 is 4.57 Å². The molecule has 5 nitrogen and oxygen atoms in total. The van der Waals surface area contributed by atoms with Crippen LogP contribution in [0.4, 0.5) is 0 Å². The second-order valence-corrected chi connectivity index (χ2v) is 19.1. The van der Waals surface area contributed by atoms with E-state index in [1.54, 1.807) is 0 Å². The molecule has 14 aromatic rings. The molecule has 352 valence electrons. The zero-order valence-corrected chi connectivity index (χ0v) is 38.2. The first-order chi connectivity index (χ1) is 56.7. The van der Waals surface area contributed by atoms with Crippen molar-refractivity contribution >= 4 is 72.4 Å². The van der Waals surface area contributed by atoms with Gasteiger partial charge in [-0.3, -0.25) is 4.57 Å². The van der Waals surface area contributed by atoms with Crippen LogP contribution in [0.5, 0.6) is 0 Å². The summed E-state index contributed by atoms with van der Waals surface area (Å²) in [6.07, 6.45) is 0. The van der Waals surface area contributed by atoms with Gasteiger partial charge in [0.25, 0.3) is 0 Å². The topological polar surface area (TPSA) is 48.5 Å². The van der Waals surface area contributed by atoms with Crippen molar-refractivity contribution in [2.75, 3.05) is 0 Å². The largest absolute Gasteiger partial charge is 0.309 e. The molecule has 0 N–H and O–H groups in total. The molecule has 0 fully saturated rings. The highest BCUT2D eigenvalue weighted by Crippen LogP contribution is 2.39. The fraction of sp³-hybridized carbons (Fsp3) is 0. The maximum absolute atomic E-state index is 10.9. The van der Waals surface area contributed by atoms with Crippen LogP contribution >= 0.6 is 0 Å². The summed E-state index contributed by atoms with van der Waals surface area (Å²) in [5.41, 5.74) is -12.0. The summed E-state index contributed by atoms with van der Waals surface area (Å²) in [5.74, 6) is -4.38. The summed E-state index contributed by atoms with van der Waals surface area (Å²) in [4.78, 5) is 13.9. The summed E-state index contributed by atoms with van der Waals surface area (Å²) in [5, 5.41) is -9.16. The van der Waals surface area contributed by atoms with Gasteiger partial charge in [0.05, 0.1) is 92.2 Å². The van der Waals surface area contributed by atoms with E-state index in [1.807, 2.05) is 0 Å². The Bertz CT molecular complexity index is 6760. The lowest BCUT2D eigenvalue weighted by atomic mass is 10.0. The van der Waals surface area contributed by atoms with Crippen molar-refractivity contribution in [2.24, 2.45) is 0 Å². The summed E-state index contributed by atoms with van der Waals surface area (Å²) in [6, 6.07) is -60.1. The molecule has 0 aliphatic heterocycles. The minimum Gasteiger partial charge on any atom is -0.309 e. The van der Waals surface area contributed by atoms with E-state index in [0.717, 1.165) is 0 Å². The molecule has 75 heavy (non-hydrogen) atoms. The van der Waals surface area contributed by atoms with E-state index in [1.165, 1.54) is 0 Å². The SMILES string of the molecule is [2H]c1c([2H])c([2H])c(-c2c([2H])c([2H])c3c(c2[2H])c2c([2H])c(-c4c([2H])c([2H])c([2H])c([2H])c4[2H])c([2H])c([2H])c2n3-c2nc(-c3c([2H])c([2H])c([2H])c([Si](c4c([2H])c([2H])c([2H])c([2H])c4[2H])(c4c([2H])c([2H])c([2H])c([2H])c4[2H])c4c([2H])c([2H])c([2H])c([2H])c4[2H])c3[2H])nc(-c3c([2H])c([2H])c([2H])c([2H])c3-n3c4c([2H])c([2H])c([2H])c([2H])c4c4c([2H])c([2H])c([2H])c([2H])c43)n2)c([2H])c1[2H]. The zero-order valence-electron chi connectivity index (χ0n) is 84.2. The number of benzene rings is 11. The van der Waals surface area contributed by atoms with Gasteiger partial charge in [0.1, 0.15) is 0 Å². The van der Waals surface area contributed by atoms with Gasteiger partial charge >= 0.3 is 0 Å². The van der Waals surface area contributed by atoms with Crippen LogP contribution in [-0.2, 0) is 0 Å². The van der Waals surface area contributed by atoms with Crippen molar-refractivity contribution in [3.63, 3.8) is 0 Å². The first kappa shape index (κ1) is 17.2. The fourth-order valence-electron chi connectivity index (χ4n) is 8.48. The first-order valence-corrected chi connectivity index (χ1v) is 23.7. The van der Waals surface area contributed by atoms with Gasteiger partial charge in [0, 0.05) is 32.7 Å². The Balaban J connectivity index is 1.32. The number of para-hydroxylation sites is 3. The molecular weight excluding hydrogens is 927 g/mol. The number of nitrogens with zero attached hydrogens (tertiary/aromatic N) is 5. The van der Waals surface area contributed by atoms with E-state index in [-0.39, 0.29) is 0 Å². The van der Waals surface area contributed by atoms with Crippen LogP contribution in [0.15, 0.2) is 284 Å². The molecule has 0 radical (unpaired) electrons. The molecule has 3 heterocycles. The van der Waals surface area contributed by atoms with E-state index in [4.69, 9.17) is 23.3 Å². The Morgan fingerprint density at radius 1 is 0.280 bits per heavy atom. The van der Waals surface area contributed by atoms with E-state index in [0.29, 0.717) is 9.13 Å². The van der Waals surface area contributed by atoms with Crippen LogP contribution in [0.3, 0.4) is 0 Å². The third-order valence-electron chi connectivity index (χ3n) is 11.6. The molecule has 0 amide bonds. The fourth-order valence-corrected chi connectivity index (χ4v) is 12.0. The van der Waals surface area contributed by atoms with Gasteiger partial charge in [-0.05, 0) is 91.3 Å². The lowest BCUT2D eigenvalue weighted by Gasteiger charge is -2.34. The maximum Gasteiger partial charge on any atom is 0.238 e. The summed E-state index contributed by atoms with van der Waals surface area (Å²) in [6.45, 7) is 0. The van der Waals surface area contributed by atoms with Crippen molar-refractivity contribution in [1.29, 1.82) is 0 Å². The van der Waals surface area contributed by atoms with Crippen LogP contribution in [-0.4, -0.2) is 32.2 Å². The molecule has 0 unspecified atom stereocenters. The second-order valence-electron chi connectivity index (χ2n) is 15.6. The number of aromatic nitrogens is 5. The average molecular weight is 1020 g/mol. The molecule has 0 aliphatic carbocycles. The lowest BCUT2D eigenvalue weighted by Crippen LogP contribution is -2.74. The number of rotatable bonds is 10. The van der Waals surface area contributed by atoms with E-state index in [2.05, 4.69) is 15.0 Å². The Hall–Kier alpha value is -9.75. The second kappa shape index (κ2) is 18.4. The van der Waals surface area contributed by atoms with Crippen molar-refractivity contribution in [2.45, 2.75) is 0 Å². The highest BCUT2D eigenvalue weighted by Gasteiger charge is 2.41. The van der Waals surface area contributed by atoms with Crippen molar-refractivity contribution < 1.29 is 64.4 Å². The molecule has 0 spiro atoms. The van der Waals surface area contributed by atoms with Gasteiger partial charge in [0.15, 0.2) is 19.7 Å². The highest BCUT2D eigenvalue weighted by atomic mass is 28.3.